The van der Waals surface area contributed by atoms with Crippen LogP contribution in [0.3, 0.4) is 0 Å². The predicted molar refractivity (Wildman–Crippen MR) is 129 cm³/mol. The van der Waals surface area contributed by atoms with Crippen molar-refractivity contribution < 1.29 is 18.7 Å². The predicted octanol–water partition coefficient (Wildman–Crippen LogP) is 5.69. The molecule has 1 N–H and O–H groups in total. The van der Waals surface area contributed by atoms with Crippen LogP contribution >= 0.6 is 11.3 Å². The van der Waals surface area contributed by atoms with Crippen molar-refractivity contribution in [3.05, 3.63) is 106 Å². The molecule has 0 aliphatic rings. The van der Waals surface area contributed by atoms with Gasteiger partial charge >= 0.3 is 0 Å². The zero-order valence-electron chi connectivity index (χ0n) is 18.4. The lowest BCUT2D eigenvalue weighted by atomic mass is 10.2. The van der Waals surface area contributed by atoms with Gasteiger partial charge < -0.3 is 14.8 Å². The molecule has 0 spiro atoms. The fourth-order valence-corrected chi connectivity index (χ4v) is 3.60. The molecule has 0 fully saturated rings. The molecule has 6 nitrogen and oxygen atoms in total. The minimum absolute atomic E-state index is 0.0945. The van der Waals surface area contributed by atoms with Crippen LogP contribution in [-0.4, -0.2) is 15.9 Å². The van der Waals surface area contributed by atoms with E-state index in [1.54, 1.807) is 41.8 Å². The summed E-state index contributed by atoms with van der Waals surface area (Å²) in [6, 6.07) is 15.4. The van der Waals surface area contributed by atoms with Crippen molar-refractivity contribution in [1.29, 1.82) is 0 Å². The van der Waals surface area contributed by atoms with Gasteiger partial charge in [0.05, 0.1) is 16.9 Å². The average Bonchev–Trinajstić information content (AvgIpc) is 3.28. The highest BCUT2D eigenvalue weighted by Crippen LogP contribution is 2.24. The van der Waals surface area contributed by atoms with Gasteiger partial charge in [-0.3, -0.25) is 9.78 Å². The summed E-state index contributed by atoms with van der Waals surface area (Å²) < 4.78 is 25.5. The lowest BCUT2D eigenvalue weighted by Crippen LogP contribution is -2.20. The summed E-state index contributed by atoms with van der Waals surface area (Å²) >= 11 is 1.59. The summed E-state index contributed by atoms with van der Waals surface area (Å²) in [5.74, 6) is 0.470. The number of hydrogen-bond donors (Lipinski definition) is 1. The molecule has 34 heavy (non-hydrogen) atoms. The molecule has 4 rings (SSSR count). The third-order valence-electron chi connectivity index (χ3n) is 4.69. The monoisotopic (exact) mass is 475 g/mol. The standard InChI is InChI=1S/C26H22FN3O3S/c1-18-30-21(17-34-18)16-32-22-8-4-19(5-9-22)7-11-26(31)29-14-20-6-10-25(24(27)13-20)33-23-3-2-12-28-15-23/h2-13,15,17H,14,16H2,1H3,(H,29,31)/b11-7+. The van der Waals surface area contributed by atoms with Crippen LogP contribution in [0.25, 0.3) is 6.08 Å². The van der Waals surface area contributed by atoms with Gasteiger partial charge in [-0.1, -0.05) is 18.2 Å². The Morgan fingerprint density at radius 1 is 1.15 bits per heavy atom. The Balaban J connectivity index is 1.24. The van der Waals surface area contributed by atoms with Crippen LogP contribution in [0.15, 0.2) is 78.4 Å². The molecule has 0 saturated carbocycles. The minimum Gasteiger partial charge on any atom is -0.487 e. The number of benzene rings is 2. The fourth-order valence-electron chi connectivity index (χ4n) is 3.00. The van der Waals surface area contributed by atoms with E-state index in [-0.39, 0.29) is 18.2 Å². The second-order valence-electron chi connectivity index (χ2n) is 7.32. The number of ether oxygens (including phenoxy) is 2. The summed E-state index contributed by atoms with van der Waals surface area (Å²) in [6.45, 7) is 2.56. The van der Waals surface area contributed by atoms with Crippen LogP contribution in [0.4, 0.5) is 4.39 Å². The smallest absolute Gasteiger partial charge is 0.244 e. The van der Waals surface area contributed by atoms with Gasteiger partial charge in [-0.25, -0.2) is 9.37 Å². The van der Waals surface area contributed by atoms with Crippen molar-refractivity contribution in [2.75, 3.05) is 0 Å². The Morgan fingerprint density at radius 2 is 2.00 bits per heavy atom. The molecule has 0 radical (unpaired) electrons. The first-order chi connectivity index (χ1) is 16.5. The normalized spacial score (nSPS) is 10.9. The van der Waals surface area contributed by atoms with E-state index in [1.807, 2.05) is 36.6 Å². The van der Waals surface area contributed by atoms with E-state index in [0.717, 1.165) is 22.0 Å². The van der Waals surface area contributed by atoms with Gasteiger partial charge in [0.2, 0.25) is 5.91 Å². The number of aromatic nitrogens is 2. The molecule has 0 aliphatic heterocycles. The molecule has 1 amide bonds. The average molecular weight is 476 g/mol. The number of amides is 1. The Morgan fingerprint density at radius 3 is 2.71 bits per heavy atom. The van der Waals surface area contributed by atoms with Crippen LogP contribution in [0.2, 0.25) is 0 Å². The summed E-state index contributed by atoms with van der Waals surface area (Å²) in [7, 11) is 0. The number of hydrogen-bond acceptors (Lipinski definition) is 6. The first-order valence-electron chi connectivity index (χ1n) is 10.5. The number of carbonyl (C=O) groups is 1. The van der Waals surface area contributed by atoms with Crippen molar-refractivity contribution in [2.45, 2.75) is 20.1 Å². The van der Waals surface area contributed by atoms with Crippen molar-refractivity contribution in [3.8, 4) is 17.2 Å². The number of rotatable bonds is 9. The molecule has 4 aromatic rings. The van der Waals surface area contributed by atoms with E-state index in [2.05, 4.69) is 15.3 Å². The van der Waals surface area contributed by atoms with Crippen LogP contribution < -0.4 is 14.8 Å². The number of nitrogens with one attached hydrogen (secondary N) is 1. The second kappa shape index (κ2) is 11.2. The van der Waals surface area contributed by atoms with Crippen LogP contribution in [-0.2, 0) is 17.9 Å². The lowest BCUT2D eigenvalue weighted by molar-refractivity contribution is -0.116. The molecule has 2 aromatic carbocycles. The Kier molecular flexibility index (Phi) is 7.62. The highest BCUT2D eigenvalue weighted by Gasteiger charge is 2.07. The van der Waals surface area contributed by atoms with Crippen molar-refractivity contribution in [2.24, 2.45) is 0 Å². The van der Waals surface area contributed by atoms with E-state index in [1.165, 1.54) is 24.4 Å². The summed E-state index contributed by atoms with van der Waals surface area (Å²) in [4.78, 5) is 20.5. The van der Waals surface area contributed by atoms with Gasteiger partial charge in [0.25, 0.3) is 0 Å². The van der Waals surface area contributed by atoms with E-state index >= 15 is 0 Å². The Labute approximate surface area is 200 Å². The highest BCUT2D eigenvalue weighted by atomic mass is 32.1. The fraction of sp³-hybridized carbons (Fsp3) is 0.115. The van der Waals surface area contributed by atoms with E-state index in [4.69, 9.17) is 9.47 Å². The number of carbonyl (C=O) groups excluding carboxylic acids is 1. The van der Waals surface area contributed by atoms with Crippen molar-refractivity contribution in [3.63, 3.8) is 0 Å². The third kappa shape index (κ3) is 6.73. The van der Waals surface area contributed by atoms with Crippen molar-refractivity contribution >= 4 is 23.3 Å². The quantitative estimate of drug-likeness (QED) is 0.315. The van der Waals surface area contributed by atoms with Crippen LogP contribution in [0.5, 0.6) is 17.2 Å². The van der Waals surface area contributed by atoms with Gasteiger partial charge in [-0.15, -0.1) is 11.3 Å². The van der Waals surface area contributed by atoms with Gasteiger partial charge in [0.1, 0.15) is 18.1 Å². The summed E-state index contributed by atoms with van der Waals surface area (Å²) in [5, 5.41) is 5.73. The zero-order chi connectivity index (χ0) is 23.8. The molecule has 0 unspecified atom stereocenters. The van der Waals surface area contributed by atoms with Gasteiger partial charge in [-0.2, -0.15) is 0 Å². The maximum atomic E-state index is 14.3. The molecular weight excluding hydrogens is 453 g/mol. The maximum absolute atomic E-state index is 14.3. The minimum atomic E-state index is -0.515. The topological polar surface area (TPSA) is 73.3 Å². The van der Waals surface area contributed by atoms with E-state index in [9.17, 15) is 9.18 Å². The number of nitrogens with zero attached hydrogens (tertiary/aromatic N) is 2. The number of halogens is 1. The molecular formula is C26H22FN3O3S. The maximum Gasteiger partial charge on any atom is 0.244 e. The Bertz CT molecular complexity index is 1270. The molecule has 0 saturated heterocycles. The molecule has 2 heterocycles. The molecule has 172 valence electrons. The Hall–Kier alpha value is -4.04. The lowest BCUT2D eigenvalue weighted by Gasteiger charge is -2.08. The third-order valence-corrected chi connectivity index (χ3v) is 5.51. The van der Waals surface area contributed by atoms with Gasteiger partial charge in [-0.05, 0) is 60.5 Å². The zero-order valence-corrected chi connectivity index (χ0v) is 19.2. The molecule has 2 aromatic heterocycles. The first kappa shape index (κ1) is 23.1. The second-order valence-corrected chi connectivity index (χ2v) is 8.38. The van der Waals surface area contributed by atoms with E-state index in [0.29, 0.717) is 17.9 Å². The number of aryl methyl sites for hydroxylation is 1. The van der Waals surface area contributed by atoms with Gasteiger partial charge in [0, 0.05) is 24.2 Å². The van der Waals surface area contributed by atoms with Crippen LogP contribution in [0, 0.1) is 12.7 Å². The van der Waals surface area contributed by atoms with Gasteiger partial charge in [0.15, 0.2) is 11.6 Å². The number of thiazole rings is 1. The largest absolute Gasteiger partial charge is 0.487 e. The molecule has 0 bridgehead atoms. The summed E-state index contributed by atoms with van der Waals surface area (Å²) in [6.07, 6.45) is 6.25. The van der Waals surface area contributed by atoms with Crippen LogP contribution in [0.1, 0.15) is 21.8 Å². The number of pyridine rings is 1. The summed E-state index contributed by atoms with van der Waals surface area (Å²) in [5.41, 5.74) is 2.38. The first-order valence-corrected chi connectivity index (χ1v) is 11.4. The van der Waals surface area contributed by atoms with Crippen molar-refractivity contribution in [1.82, 2.24) is 15.3 Å². The molecule has 0 atom stereocenters. The van der Waals surface area contributed by atoms with E-state index < -0.39 is 5.82 Å². The molecule has 0 aliphatic carbocycles. The molecule has 8 heteroatoms. The highest BCUT2D eigenvalue weighted by molar-refractivity contribution is 7.09. The SMILES string of the molecule is Cc1nc(COc2ccc(/C=C/C(=O)NCc3ccc(Oc4cccnc4)c(F)c3)cc2)cs1.